The first-order chi connectivity index (χ1) is 9.77. The molecule has 0 saturated carbocycles. The van der Waals surface area contributed by atoms with Crippen molar-refractivity contribution in [2.45, 2.75) is 9.79 Å². The van der Waals surface area contributed by atoms with Gasteiger partial charge in [0, 0.05) is 9.79 Å². The average Bonchev–Trinajstić information content (AvgIpc) is 2.46. The lowest BCUT2D eigenvalue weighted by molar-refractivity contribution is 0.275. The van der Waals surface area contributed by atoms with Crippen LogP contribution in [0, 0.1) is 0 Å². The van der Waals surface area contributed by atoms with Crippen molar-refractivity contribution in [3.05, 3.63) is 72.7 Å². The summed E-state index contributed by atoms with van der Waals surface area (Å²) in [5.41, 5.74) is 0. The van der Waals surface area contributed by atoms with E-state index in [0.29, 0.717) is 0 Å². The van der Waals surface area contributed by atoms with Crippen LogP contribution in [0.1, 0.15) is 0 Å². The molecule has 5 nitrogen and oxygen atoms in total. The van der Waals surface area contributed by atoms with Gasteiger partial charge in [0.1, 0.15) is 0 Å². The maximum atomic E-state index is 12.9. The molecule has 0 unspecified atom stereocenters. The maximum Gasteiger partial charge on any atom is 0.466 e. The van der Waals surface area contributed by atoms with E-state index in [2.05, 4.69) is 6.58 Å². The highest BCUT2D eigenvalue weighted by Crippen LogP contribution is 2.28. The highest BCUT2D eigenvalue weighted by atomic mass is 32.2. The molecule has 0 spiro atoms. The first-order valence-corrected chi connectivity index (χ1v) is 9.24. The lowest BCUT2D eigenvalue weighted by Crippen LogP contribution is -2.08. The zero-order valence-corrected chi connectivity index (χ0v) is 12.9. The Bertz CT molecular complexity index is 615. The van der Waals surface area contributed by atoms with Crippen molar-refractivity contribution in [3.63, 3.8) is 0 Å². The molecule has 0 aliphatic carbocycles. The number of hydrogen-bond donors (Lipinski definition) is 4. The van der Waals surface area contributed by atoms with Crippen molar-refractivity contribution < 1.29 is 23.5 Å². The number of phosphoric acid groups is 1. The largest absolute Gasteiger partial charge is 0.466 e. The second-order valence-corrected chi connectivity index (χ2v) is 7.77. The molecule has 0 aliphatic heterocycles. The molecule has 2 aromatic rings. The van der Waals surface area contributed by atoms with Gasteiger partial charge in [-0.05, 0) is 39.6 Å². The van der Waals surface area contributed by atoms with Gasteiger partial charge in [0.25, 0.3) is 0 Å². The minimum absolute atomic E-state index is 0.830. The fourth-order valence-corrected chi connectivity index (χ4v) is 3.61. The Morgan fingerprint density at radius 1 is 0.857 bits per heavy atom. The number of hydrogen-bond acceptors (Lipinski definition) is 2. The van der Waals surface area contributed by atoms with Gasteiger partial charge in [-0.1, -0.05) is 43.0 Å². The van der Waals surface area contributed by atoms with Gasteiger partial charge in [-0.2, -0.15) is 0 Å². The summed E-state index contributed by atoms with van der Waals surface area (Å²) in [6, 6.07) is 19.0. The molecule has 0 radical (unpaired) electrons. The highest BCUT2D eigenvalue weighted by molar-refractivity contribution is 8.05. The second kappa shape index (κ2) is 7.45. The second-order valence-electron chi connectivity index (χ2n) is 4.02. The lowest BCUT2D eigenvalue weighted by atomic mass is 10.4. The Morgan fingerprint density at radius 2 is 1.14 bits per heavy atom. The van der Waals surface area contributed by atoms with Crippen LogP contribution < -0.4 is 0 Å². The molecule has 0 saturated heterocycles. The maximum absolute atomic E-state index is 12.9. The fraction of sp³-hybridized carbons (Fsp3) is 0. The molecular weight excluding hydrogens is 311 g/mol. The van der Waals surface area contributed by atoms with Crippen LogP contribution in [0.4, 0.5) is 0 Å². The van der Waals surface area contributed by atoms with E-state index in [9.17, 15) is 4.21 Å². The van der Waals surface area contributed by atoms with Gasteiger partial charge in [-0.15, -0.1) is 0 Å². The van der Waals surface area contributed by atoms with E-state index >= 15 is 0 Å². The van der Waals surface area contributed by atoms with E-state index < -0.39 is 17.8 Å². The smallest absolute Gasteiger partial charge is 0.303 e. The van der Waals surface area contributed by atoms with E-state index in [4.69, 9.17) is 19.2 Å². The minimum atomic E-state index is -4.64. The van der Waals surface area contributed by atoms with Crippen molar-refractivity contribution in [2.75, 3.05) is 0 Å². The third-order valence-electron chi connectivity index (χ3n) is 2.54. The van der Waals surface area contributed by atoms with Gasteiger partial charge >= 0.3 is 7.82 Å². The molecular formula is C14H17O5PS. The van der Waals surface area contributed by atoms with Crippen LogP contribution in [-0.4, -0.2) is 18.9 Å². The van der Waals surface area contributed by atoms with Crippen LogP contribution in [0.25, 0.3) is 0 Å². The van der Waals surface area contributed by atoms with Crippen LogP contribution in [-0.2, 0) is 14.5 Å². The molecule has 7 heteroatoms. The quantitative estimate of drug-likeness (QED) is 0.512. The predicted molar refractivity (Wildman–Crippen MR) is 83.4 cm³/mol. The van der Waals surface area contributed by atoms with Crippen LogP contribution >= 0.6 is 7.82 Å². The zero-order chi connectivity index (χ0) is 15.9. The van der Waals surface area contributed by atoms with Gasteiger partial charge in [0.2, 0.25) is 0 Å². The van der Waals surface area contributed by atoms with E-state index in [1.54, 1.807) is 5.41 Å². The number of thiol groups is 1. The molecule has 0 amide bonds. The summed E-state index contributed by atoms with van der Waals surface area (Å²) >= 11 is 0. The minimum Gasteiger partial charge on any atom is -0.303 e. The summed E-state index contributed by atoms with van der Waals surface area (Å²) in [7, 11) is -7.28. The Hall–Kier alpha value is -1.56. The molecule has 0 atom stereocenters. The molecule has 0 aliphatic rings. The van der Waals surface area contributed by atoms with Gasteiger partial charge in [-0.3, -0.25) is 4.21 Å². The summed E-state index contributed by atoms with van der Waals surface area (Å²) in [6.07, 6.45) is 0. The Labute approximate surface area is 124 Å². The number of benzene rings is 2. The molecule has 0 bridgehead atoms. The standard InChI is InChI=1S/C14H14OS.H3O4P/c1-2-16(15,13-9-5-3-6-10-13)14-11-7-4-8-12-14;1-5(2,3)4/h2-12,16H,1H2;(H3,1,2,3,4). The Balaban J connectivity index is 0.000000383. The van der Waals surface area contributed by atoms with Gasteiger partial charge < -0.3 is 14.7 Å². The summed E-state index contributed by atoms with van der Waals surface area (Å²) in [4.78, 5) is 23.2. The van der Waals surface area contributed by atoms with Crippen LogP contribution in [0.15, 0.2) is 82.4 Å². The third kappa shape index (κ3) is 5.75. The SMILES string of the molecule is C=C[SH](=O)(c1ccccc1)c1ccccc1.O=P(O)(O)O. The summed E-state index contributed by atoms with van der Waals surface area (Å²) in [5, 5.41) is 1.57. The Kier molecular flexibility index (Phi) is 6.20. The number of rotatable bonds is 3. The molecule has 0 fully saturated rings. The van der Waals surface area contributed by atoms with Crippen molar-refractivity contribution in [3.8, 4) is 0 Å². The Morgan fingerprint density at radius 3 is 1.38 bits per heavy atom. The van der Waals surface area contributed by atoms with E-state index in [1.807, 2.05) is 60.7 Å². The highest BCUT2D eigenvalue weighted by Gasteiger charge is 2.15. The van der Waals surface area contributed by atoms with Crippen LogP contribution in [0.3, 0.4) is 0 Å². The van der Waals surface area contributed by atoms with Crippen molar-refractivity contribution >= 4 is 17.8 Å². The molecule has 0 aromatic heterocycles. The van der Waals surface area contributed by atoms with E-state index in [-0.39, 0.29) is 0 Å². The molecule has 3 N–H and O–H groups in total. The molecule has 2 aromatic carbocycles. The zero-order valence-electron chi connectivity index (χ0n) is 11.1. The summed E-state index contributed by atoms with van der Waals surface area (Å²) in [5.74, 6) is 0. The van der Waals surface area contributed by atoms with E-state index in [1.165, 1.54) is 0 Å². The first-order valence-electron chi connectivity index (χ1n) is 5.90. The van der Waals surface area contributed by atoms with Gasteiger partial charge in [0.05, 0.1) is 0 Å². The topological polar surface area (TPSA) is 94.8 Å². The average molecular weight is 328 g/mol. The molecule has 0 heterocycles. The van der Waals surface area contributed by atoms with Crippen molar-refractivity contribution in [2.24, 2.45) is 0 Å². The summed E-state index contributed by atoms with van der Waals surface area (Å²) < 4.78 is 21.7. The fourth-order valence-electron chi connectivity index (χ4n) is 1.66. The molecule has 2 rings (SSSR count). The van der Waals surface area contributed by atoms with Gasteiger partial charge in [0.15, 0.2) is 0 Å². The third-order valence-corrected chi connectivity index (χ3v) is 5.18. The van der Waals surface area contributed by atoms with Crippen LogP contribution in [0.2, 0.25) is 0 Å². The van der Waals surface area contributed by atoms with Gasteiger partial charge in [-0.25, -0.2) is 4.57 Å². The monoisotopic (exact) mass is 328 g/mol. The van der Waals surface area contributed by atoms with E-state index in [0.717, 1.165) is 9.79 Å². The lowest BCUT2D eigenvalue weighted by Gasteiger charge is -2.20. The van der Waals surface area contributed by atoms with Crippen LogP contribution in [0.5, 0.6) is 0 Å². The van der Waals surface area contributed by atoms with Crippen molar-refractivity contribution in [1.82, 2.24) is 0 Å². The van der Waals surface area contributed by atoms with Crippen molar-refractivity contribution in [1.29, 1.82) is 0 Å². The molecule has 114 valence electrons. The predicted octanol–water partition coefficient (Wildman–Crippen LogP) is 2.34. The summed E-state index contributed by atoms with van der Waals surface area (Å²) in [6.45, 7) is 3.72. The normalized spacial score (nSPS) is 12.0. The first kappa shape index (κ1) is 17.5. The molecule has 21 heavy (non-hydrogen) atoms.